The van der Waals surface area contributed by atoms with E-state index in [1.807, 2.05) is 11.8 Å². The van der Waals surface area contributed by atoms with Crippen LogP contribution in [0.4, 0.5) is 11.4 Å². The third kappa shape index (κ3) is 2.76. The van der Waals surface area contributed by atoms with E-state index in [1.54, 1.807) is 12.3 Å². The summed E-state index contributed by atoms with van der Waals surface area (Å²) >= 11 is 0. The maximum atomic E-state index is 11.0. The van der Waals surface area contributed by atoms with E-state index in [1.165, 1.54) is 6.20 Å². The van der Waals surface area contributed by atoms with Crippen LogP contribution in [0.5, 0.6) is 0 Å². The Balaban J connectivity index is 2.24. The van der Waals surface area contributed by atoms with Crippen molar-refractivity contribution >= 4 is 11.4 Å². The van der Waals surface area contributed by atoms with E-state index in [4.69, 9.17) is 0 Å². The number of anilines is 1. The van der Waals surface area contributed by atoms with Crippen LogP contribution in [0, 0.1) is 10.1 Å². The molecule has 1 unspecified atom stereocenters. The SMILES string of the molecule is CC1(O)CCCN(c2ccncc2[N+](=O)[O-])CC1. The molecule has 98 valence electrons. The minimum absolute atomic E-state index is 0.0269. The van der Waals surface area contributed by atoms with Crippen molar-refractivity contribution in [1.82, 2.24) is 4.98 Å². The van der Waals surface area contributed by atoms with Crippen LogP contribution in [0.1, 0.15) is 26.2 Å². The number of aromatic nitrogens is 1. The van der Waals surface area contributed by atoms with Gasteiger partial charge in [0.1, 0.15) is 11.9 Å². The second-order valence-electron chi connectivity index (χ2n) is 4.96. The van der Waals surface area contributed by atoms with E-state index in [0.29, 0.717) is 18.7 Å². The lowest BCUT2D eigenvalue weighted by Crippen LogP contribution is -2.28. The van der Waals surface area contributed by atoms with Gasteiger partial charge in [-0.2, -0.15) is 0 Å². The van der Waals surface area contributed by atoms with E-state index in [-0.39, 0.29) is 5.69 Å². The molecular formula is C12H17N3O3. The van der Waals surface area contributed by atoms with Gasteiger partial charge in [-0.3, -0.25) is 15.1 Å². The summed E-state index contributed by atoms with van der Waals surface area (Å²) in [6.45, 7) is 3.16. The van der Waals surface area contributed by atoms with Crippen molar-refractivity contribution < 1.29 is 10.0 Å². The molecule has 18 heavy (non-hydrogen) atoms. The molecule has 0 aromatic carbocycles. The second-order valence-corrected chi connectivity index (χ2v) is 4.96. The lowest BCUT2D eigenvalue weighted by molar-refractivity contribution is -0.384. The molecule has 0 radical (unpaired) electrons. The van der Waals surface area contributed by atoms with Crippen LogP contribution < -0.4 is 4.90 Å². The first kappa shape index (κ1) is 12.8. The van der Waals surface area contributed by atoms with Crippen molar-refractivity contribution in [1.29, 1.82) is 0 Å². The highest BCUT2D eigenvalue weighted by atomic mass is 16.6. The molecule has 0 saturated carbocycles. The average molecular weight is 251 g/mol. The van der Waals surface area contributed by atoms with Gasteiger partial charge in [0.2, 0.25) is 0 Å². The molecule has 2 rings (SSSR count). The molecular weight excluding hydrogens is 234 g/mol. The van der Waals surface area contributed by atoms with Crippen LogP contribution in [-0.2, 0) is 0 Å². The van der Waals surface area contributed by atoms with Crippen LogP contribution in [-0.4, -0.2) is 33.7 Å². The molecule has 0 spiro atoms. The summed E-state index contributed by atoms with van der Waals surface area (Å²) in [7, 11) is 0. The molecule has 6 heteroatoms. The standard InChI is InChI=1S/C12H17N3O3/c1-12(16)4-2-7-14(8-5-12)10-3-6-13-9-11(10)15(17)18/h3,6,9,16H,2,4-5,7-8H2,1H3. The number of pyridine rings is 1. The van der Waals surface area contributed by atoms with Gasteiger partial charge in [0.05, 0.1) is 10.5 Å². The predicted octanol–water partition coefficient (Wildman–Crippen LogP) is 1.73. The Morgan fingerprint density at radius 1 is 1.50 bits per heavy atom. The van der Waals surface area contributed by atoms with Crippen molar-refractivity contribution in [2.24, 2.45) is 0 Å². The Bertz CT molecular complexity index is 448. The average Bonchev–Trinajstić information content (AvgIpc) is 2.50. The highest BCUT2D eigenvalue weighted by Gasteiger charge is 2.27. The van der Waals surface area contributed by atoms with E-state index >= 15 is 0 Å². The van der Waals surface area contributed by atoms with Gasteiger partial charge in [-0.25, -0.2) is 0 Å². The maximum absolute atomic E-state index is 11.0. The summed E-state index contributed by atoms with van der Waals surface area (Å²) in [5, 5.41) is 21.0. The summed E-state index contributed by atoms with van der Waals surface area (Å²) in [5.74, 6) is 0. The smallest absolute Gasteiger partial charge is 0.310 e. The quantitative estimate of drug-likeness (QED) is 0.639. The minimum Gasteiger partial charge on any atom is -0.390 e. The van der Waals surface area contributed by atoms with Gasteiger partial charge < -0.3 is 10.0 Å². The van der Waals surface area contributed by atoms with Crippen LogP contribution in [0.25, 0.3) is 0 Å². The fourth-order valence-corrected chi connectivity index (χ4v) is 2.29. The molecule has 1 N–H and O–H groups in total. The summed E-state index contributed by atoms with van der Waals surface area (Å²) in [6, 6.07) is 1.66. The molecule has 1 aromatic rings. The van der Waals surface area contributed by atoms with Crippen molar-refractivity contribution in [2.45, 2.75) is 31.8 Å². The zero-order valence-electron chi connectivity index (χ0n) is 10.4. The molecule has 1 aliphatic heterocycles. The largest absolute Gasteiger partial charge is 0.390 e. The summed E-state index contributed by atoms with van der Waals surface area (Å²) in [4.78, 5) is 16.3. The van der Waals surface area contributed by atoms with Crippen LogP contribution in [0.2, 0.25) is 0 Å². The number of rotatable bonds is 2. The van der Waals surface area contributed by atoms with Gasteiger partial charge in [0.25, 0.3) is 0 Å². The lowest BCUT2D eigenvalue weighted by atomic mass is 9.98. The molecule has 0 aliphatic carbocycles. The Morgan fingerprint density at radius 2 is 2.28 bits per heavy atom. The number of hydrogen-bond donors (Lipinski definition) is 1. The van der Waals surface area contributed by atoms with Gasteiger partial charge in [-0.1, -0.05) is 0 Å². The molecule has 2 heterocycles. The highest BCUT2D eigenvalue weighted by Crippen LogP contribution is 2.30. The second kappa shape index (κ2) is 4.89. The zero-order chi connectivity index (χ0) is 13.2. The maximum Gasteiger partial charge on any atom is 0.310 e. The van der Waals surface area contributed by atoms with Crippen LogP contribution >= 0.6 is 0 Å². The molecule has 1 saturated heterocycles. The van der Waals surface area contributed by atoms with Crippen molar-refractivity contribution in [3.63, 3.8) is 0 Å². The third-order valence-corrected chi connectivity index (χ3v) is 3.38. The number of nitro groups is 1. The highest BCUT2D eigenvalue weighted by molar-refractivity contribution is 5.61. The Hall–Kier alpha value is -1.69. The molecule has 0 amide bonds. The molecule has 1 aliphatic rings. The Kier molecular flexibility index (Phi) is 3.47. The molecule has 1 aromatic heterocycles. The van der Waals surface area contributed by atoms with Crippen LogP contribution in [0.3, 0.4) is 0 Å². The monoisotopic (exact) mass is 251 g/mol. The summed E-state index contributed by atoms with van der Waals surface area (Å²) < 4.78 is 0. The fourth-order valence-electron chi connectivity index (χ4n) is 2.29. The number of aliphatic hydroxyl groups is 1. The van der Waals surface area contributed by atoms with Crippen molar-refractivity contribution in [2.75, 3.05) is 18.0 Å². The first-order chi connectivity index (χ1) is 8.49. The van der Waals surface area contributed by atoms with Gasteiger partial charge in [-0.05, 0) is 32.3 Å². The van der Waals surface area contributed by atoms with Crippen molar-refractivity contribution in [3.05, 3.63) is 28.6 Å². The molecule has 0 bridgehead atoms. The fraction of sp³-hybridized carbons (Fsp3) is 0.583. The first-order valence-electron chi connectivity index (χ1n) is 6.05. The summed E-state index contributed by atoms with van der Waals surface area (Å²) in [6.07, 6.45) is 5.01. The van der Waals surface area contributed by atoms with E-state index in [0.717, 1.165) is 19.4 Å². The number of hydrogen-bond acceptors (Lipinski definition) is 5. The summed E-state index contributed by atoms with van der Waals surface area (Å²) in [5.41, 5.74) is -0.0527. The van der Waals surface area contributed by atoms with Gasteiger partial charge in [-0.15, -0.1) is 0 Å². The van der Waals surface area contributed by atoms with Crippen molar-refractivity contribution in [3.8, 4) is 0 Å². The minimum atomic E-state index is -0.670. The Morgan fingerprint density at radius 3 is 3.00 bits per heavy atom. The number of nitrogens with zero attached hydrogens (tertiary/aromatic N) is 3. The van der Waals surface area contributed by atoms with Crippen LogP contribution in [0.15, 0.2) is 18.5 Å². The van der Waals surface area contributed by atoms with Gasteiger partial charge in [0.15, 0.2) is 0 Å². The van der Waals surface area contributed by atoms with Gasteiger partial charge >= 0.3 is 5.69 Å². The normalized spacial score (nSPS) is 24.7. The topological polar surface area (TPSA) is 79.5 Å². The predicted molar refractivity (Wildman–Crippen MR) is 67.6 cm³/mol. The molecule has 6 nitrogen and oxygen atoms in total. The third-order valence-electron chi connectivity index (χ3n) is 3.38. The zero-order valence-corrected chi connectivity index (χ0v) is 10.4. The Labute approximate surface area is 105 Å². The lowest BCUT2D eigenvalue weighted by Gasteiger charge is -2.23. The van der Waals surface area contributed by atoms with E-state index in [2.05, 4.69) is 4.98 Å². The molecule has 1 atom stereocenters. The van der Waals surface area contributed by atoms with E-state index in [9.17, 15) is 15.2 Å². The first-order valence-corrected chi connectivity index (χ1v) is 6.05. The molecule has 1 fully saturated rings. The van der Waals surface area contributed by atoms with Gasteiger partial charge in [0, 0.05) is 19.3 Å². The van der Waals surface area contributed by atoms with E-state index < -0.39 is 10.5 Å².